The van der Waals surface area contributed by atoms with Gasteiger partial charge in [0.05, 0.1) is 23.9 Å². The van der Waals surface area contributed by atoms with Crippen LogP contribution >= 0.6 is 11.3 Å². The lowest BCUT2D eigenvalue weighted by molar-refractivity contribution is 0.0927. The van der Waals surface area contributed by atoms with Crippen LogP contribution in [-0.4, -0.2) is 42.5 Å². The number of nitrogens with zero attached hydrogens (tertiary/aromatic N) is 2. The Morgan fingerprint density at radius 1 is 1.21 bits per heavy atom. The van der Waals surface area contributed by atoms with Crippen molar-refractivity contribution in [2.24, 2.45) is 0 Å². The number of carbonyl (C=O) groups is 1. The molecule has 5 nitrogen and oxygen atoms in total. The normalized spacial score (nSPS) is 16.4. The van der Waals surface area contributed by atoms with E-state index >= 15 is 0 Å². The number of aryl methyl sites for hydroxylation is 1. The van der Waals surface area contributed by atoms with E-state index in [1.807, 2.05) is 19.1 Å². The number of rotatable bonds is 6. The van der Waals surface area contributed by atoms with E-state index in [0.717, 1.165) is 34.4 Å². The van der Waals surface area contributed by atoms with E-state index in [4.69, 9.17) is 4.74 Å². The number of hydrogen-bond donors (Lipinski definition) is 1. The quantitative estimate of drug-likeness (QED) is 0.742. The SMILES string of the molecule is COc1ccc(C(CNC(=O)c2sc(C(C)(C)C)nc2C)N2CCCCC2)cc1. The molecule has 2 heterocycles. The summed E-state index contributed by atoms with van der Waals surface area (Å²) in [7, 11) is 1.68. The number of carbonyl (C=O) groups excluding carboxylic acids is 1. The fourth-order valence-electron chi connectivity index (χ4n) is 3.71. The molecule has 0 bridgehead atoms. The molecule has 0 saturated carbocycles. The number of nitrogens with one attached hydrogen (secondary N) is 1. The van der Waals surface area contributed by atoms with Crippen molar-refractivity contribution in [1.29, 1.82) is 0 Å². The van der Waals surface area contributed by atoms with Gasteiger partial charge in [0, 0.05) is 12.0 Å². The molecule has 1 unspecified atom stereocenters. The number of hydrogen-bond acceptors (Lipinski definition) is 5. The van der Waals surface area contributed by atoms with E-state index < -0.39 is 0 Å². The van der Waals surface area contributed by atoms with Gasteiger partial charge in [0.15, 0.2) is 0 Å². The zero-order valence-electron chi connectivity index (χ0n) is 18.2. The fraction of sp³-hybridized carbons (Fsp3) is 0.565. The zero-order valence-corrected chi connectivity index (χ0v) is 19.1. The molecule has 1 fully saturated rings. The van der Waals surface area contributed by atoms with Crippen molar-refractivity contribution >= 4 is 17.2 Å². The van der Waals surface area contributed by atoms with Crippen molar-refractivity contribution < 1.29 is 9.53 Å². The van der Waals surface area contributed by atoms with Crippen LogP contribution in [0.3, 0.4) is 0 Å². The predicted molar refractivity (Wildman–Crippen MR) is 119 cm³/mol. The van der Waals surface area contributed by atoms with Crippen molar-refractivity contribution in [3.63, 3.8) is 0 Å². The second-order valence-electron chi connectivity index (χ2n) is 8.78. The van der Waals surface area contributed by atoms with Crippen LogP contribution < -0.4 is 10.1 Å². The van der Waals surface area contributed by atoms with Crippen molar-refractivity contribution in [3.8, 4) is 5.75 Å². The second kappa shape index (κ2) is 9.26. The number of likely N-dealkylation sites (tertiary alicyclic amines) is 1. The third kappa shape index (κ3) is 5.37. The number of methoxy groups -OCH3 is 1. The third-order valence-electron chi connectivity index (χ3n) is 5.43. The number of benzene rings is 1. The Morgan fingerprint density at radius 3 is 2.41 bits per heavy atom. The van der Waals surface area contributed by atoms with Gasteiger partial charge in [-0.15, -0.1) is 11.3 Å². The van der Waals surface area contributed by atoms with Crippen LogP contribution in [-0.2, 0) is 5.41 Å². The van der Waals surface area contributed by atoms with Crippen molar-refractivity contribution in [3.05, 3.63) is 45.4 Å². The van der Waals surface area contributed by atoms with Crippen LogP contribution in [0.5, 0.6) is 5.75 Å². The highest BCUT2D eigenvalue weighted by Gasteiger charge is 2.26. The summed E-state index contributed by atoms with van der Waals surface area (Å²) < 4.78 is 5.30. The molecule has 1 saturated heterocycles. The van der Waals surface area contributed by atoms with E-state index in [1.54, 1.807) is 7.11 Å². The van der Waals surface area contributed by atoms with Gasteiger partial charge in [0.2, 0.25) is 0 Å². The topological polar surface area (TPSA) is 54.5 Å². The maximum atomic E-state index is 12.9. The molecule has 1 aliphatic heterocycles. The molecule has 1 aromatic carbocycles. The summed E-state index contributed by atoms with van der Waals surface area (Å²) in [5, 5.41) is 4.19. The van der Waals surface area contributed by atoms with Crippen molar-refractivity contribution in [2.45, 2.75) is 58.4 Å². The highest BCUT2D eigenvalue weighted by atomic mass is 32.1. The predicted octanol–water partition coefficient (Wildman–Crippen LogP) is 4.71. The molecule has 158 valence electrons. The molecule has 0 spiro atoms. The number of piperidine rings is 1. The molecule has 6 heteroatoms. The smallest absolute Gasteiger partial charge is 0.263 e. The fourth-order valence-corrected chi connectivity index (χ4v) is 4.75. The molecule has 2 aromatic rings. The first-order valence-electron chi connectivity index (χ1n) is 10.4. The highest BCUT2D eigenvalue weighted by Crippen LogP contribution is 2.30. The van der Waals surface area contributed by atoms with Gasteiger partial charge in [-0.1, -0.05) is 39.3 Å². The minimum absolute atomic E-state index is 0.0222. The first-order chi connectivity index (χ1) is 13.8. The van der Waals surface area contributed by atoms with Gasteiger partial charge in [-0.2, -0.15) is 0 Å². The lowest BCUT2D eigenvalue weighted by atomic mass is 9.98. The van der Waals surface area contributed by atoms with E-state index in [0.29, 0.717) is 6.54 Å². The summed E-state index contributed by atoms with van der Waals surface area (Å²) in [4.78, 5) is 20.8. The largest absolute Gasteiger partial charge is 0.497 e. The number of thiazole rings is 1. The Bertz CT molecular complexity index is 818. The van der Waals surface area contributed by atoms with E-state index in [1.165, 1.54) is 36.2 Å². The minimum atomic E-state index is -0.0482. The highest BCUT2D eigenvalue weighted by molar-refractivity contribution is 7.14. The van der Waals surface area contributed by atoms with Gasteiger partial charge in [-0.25, -0.2) is 4.98 Å². The van der Waals surface area contributed by atoms with Gasteiger partial charge >= 0.3 is 0 Å². The summed E-state index contributed by atoms with van der Waals surface area (Å²) in [5.74, 6) is 0.830. The van der Waals surface area contributed by atoms with Crippen LogP contribution in [0.4, 0.5) is 0 Å². The Labute approximate surface area is 178 Å². The lowest BCUT2D eigenvalue weighted by Crippen LogP contribution is -2.40. The Balaban J connectivity index is 1.75. The molecule has 1 aromatic heterocycles. The zero-order chi connectivity index (χ0) is 21.0. The van der Waals surface area contributed by atoms with Crippen molar-refractivity contribution in [1.82, 2.24) is 15.2 Å². The summed E-state index contributed by atoms with van der Waals surface area (Å²) in [5.41, 5.74) is 1.98. The number of aromatic nitrogens is 1. The molecule has 0 radical (unpaired) electrons. The number of amides is 1. The molecule has 1 N–H and O–H groups in total. The summed E-state index contributed by atoms with van der Waals surface area (Å²) in [6, 6.07) is 8.38. The minimum Gasteiger partial charge on any atom is -0.497 e. The first-order valence-corrected chi connectivity index (χ1v) is 11.3. The maximum Gasteiger partial charge on any atom is 0.263 e. The molecular formula is C23H33N3O2S. The van der Waals surface area contributed by atoms with Crippen LogP contribution in [0, 0.1) is 6.92 Å². The van der Waals surface area contributed by atoms with Crippen LogP contribution in [0.25, 0.3) is 0 Å². The van der Waals surface area contributed by atoms with E-state index in [-0.39, 0.29) is 17.4 Å². The van der Waals surface area contributed by atoms with E-state index in [2.05, 4.69) is 48.1 Å². The molecule has 29 heavy (non-hydrogen) atoms. The molecule has 1 amide bonds. The summed E-state index contributed by atoms with van der Waals surface area (Å²) in [6.45, 7) is 11.0. The Morgan fingerprint density at radius 2 is 1.86 bits per heavy atom. The monoisotopic (exact) mass is 415 g/mol. The molecule has 1 atom stereocenters. The maximum absolute atomic E-state index is 12.9. The Hall–Kier alpha value is -1.92. The number of ether oxygens (including phenoxy) is 1. The van der Waals surface area contributed by atoms with Gasteiger partial charge in [0.25, 0.3) is 5.91 Å². The summed E-state index contributed by atoms with van der Waals surface area (Å²) >= 11 is 1.51. The van der Waals surface area contributed by atoms with Gasteiger partial charge in [-0.3, -0.25) is 9.69 Å². The summed E-state index contributed by atoms with van der Waals surface area (Å²) in [6.07, 6.45) is 3.71. The van der Waals surface area contributed by atoms with Gasteiger partial charge < -0.3 is 10.1 Å². The first kappa shape index (κ1) is 21.8. The van der Waals surface area contributed by atoms with Gasteiger partial charge in [-0.05, 0) is 50.6 Å². The molecule has 1 aliphatic rings. The van der Waals surface area contributed by atoms with Crippen LogP contribution in [0.1, 0.15) is 72.0 Å². The van der Waals surface area contributed by atoms with Crippen molar-refractivity contribution in [2.75, 3.05) is 26.7 Å². The average molecular weight is 416 g/mol. The molecule has 3 rings (SSSR count). The van der Waals surface area contributed by atoms with Crippen LogP contribution in [0.2, 0.25) is 0 Å². The third-order valence-corrected chi connectivity index (χ3v) is 7.01. The second-order valence-corrected chi connectivity index (χ2v) is 9.78. The lowest BCUT2D eigenvalue weighted by Gasteiger charge is -2.35. The standard InChI is InChI=1S/C23H33N3O2S/c1-16-20(29-22(25-16)23(2,3)4)21(27)24-15-19(26-13-7-6-8-14-26)17-9-11-18(28-5)12-10-17/h9-12,19H,6-8,13-15H2,1-5H3,(H,24,27). The Kier molecular flexibility index (Phi) is 6.96. The molecular weight excluding hydrogens is 382 g/mol. The van der Waals surface area contributed by atoms with Gasteiger partial charge in [0.1, 0.15) is 10.6 Å². The molecule has 0 aliphatic carbocycles. The van der Waals surface area contributed by atoms with Crippen LogP contribution in [0.15, 0.2) is 24.3 Å². The average Bonchev–Trinajstić information content (AvgIpc) is 3.11. The van der Waals surface area contributed by atoms with E-state index in [9.17, 15) is 4.79 Å².